The van der Waals surface area contributed by atoms with Crippen molar-refractivity contribution in [1.29, 1.82) is 0 Å². The van der Waals surface area contributed by atoms with Crippen LogP contribution in [0.1, 0.15) is 10.6 Å². The lowest BCUT2D eigenvalue weighted by molar-refractivity contribution is 0.304. The topological polar surface area (TPSA) is 47.0 Å². The Morgan fingerprint density at radius 2 is 2.24 bits per heavy atom. The molecule has 6 heteroatoms. The monoisotopic (exact) mass is 269 g/mol. The number of ether oxygens (including phenoxy) is 1. The van der Waals surface area contributed by atoms with Crippen molar-refractivity contribution < 1.29 is 4.74 Å². The molecule has 1 heterocycles. The standard InChI is InChI=1S/C11H12ClN3OS/c1-7-3-4-8(12)9(5-7)16-6-10-14-15-11(13-2)17-10/h3-5H,6H2,1-2H3,(H,13,15). The van der Waals surface area contributed by atoms with E-state index >= 15 is 0 Å². The van der Waals surface area contributed by atoms with Crippen LogP contribution in [0.15, 0.2) is 18.2 Å². The molecule has 90 valence electrons. The van der Waals surface area contributed by atoms with Gasteiger partial charge < -0.3 is 10.1 Å². The minimum Gasteiger partial charge on any atom is -0.485 e. The highest BCUT2D eigenvalue weighted by molar-refractivity contribution is 7.15. The summed E-state index contributed by atoms with van der Waals surface area (Å²) in [6, 6.07) is 5.67. The third-order valence-electron chi connectivity index (χ3n) is 2.12. The fourth-order valence-electron chi connectivity index (χ4n) is 1.27. The van der Waals surface area contributed by atoms with E-state index in [0.29, 0.717) is 17.4 Å². The molecular formula is C11H12ClN3OS. The highest BCUT2D eigenvalue weighted by Gasteiger charge is 2.06. The normalized spacial score (nSPS) is 10.3. The summed E-state index contributed by atoms with van der Waals surface area (Å²) >= 11 is 7.49. The quantitative estimate of drug-likeness (QED) is 0.926. The second-order valence-corrected chi connectivity index (χ2v) is 4.94. The lowest BCUT2D eigenvalue weighted by Crippen LogP contribution is -1.95. The van der Waals surface area contributed by atoms with Crippen LogP contribution in [-0.4, -0.2) is 17.2 Å². The van der Waals surface area contributed by atoms with Gasteiger partial charge in [0.2, 0.25) is 5.13 Å². The number of hydrogen-bond acceptors (Lipinski definition) is 5. The molecule has 2 aromatic rings. The van der Waals surface area contributed by atoms with E-state index < -0.39 is 0 Å². The average molecular weight is 270 g/mol. The summed E-state index contributed by atoms with van der Waals surface area (Å²) in [6.07, 6.45) is 0. The van der Waals surface area contributed by atoms with E-state index in [1.54, 1.807) is 0 Å². The van der Waals surface area contributed by atoms with Gasteiger partial charge in [0.15, 0.2) is 5.01 Å². The molecule has 0 amide bonds. The van der Waals surface area contributed by atoms with Gasteiger partial charge in [0.1, 0.15) is 12.4 Å². The predicted octanol–water partition coefficient (Wildman–Crippen LogP) is 3.12. The van der Waals surface area contributed by atoms with Crippen molar-refractivity contribution in [3.05, 3.63) is 33.8 Å². The van der Waals surface area contributed by atoms with Gasteiger partial charge in [-0.2, -0.15) is 0 Å². The predicted molar refractivity (Wildman–Crippen MR) is 70.0 cm³/mol. The van der Waals surface area contributed by atoms with E-state index in [4.69, 9.17) is 16.3 Å². The van der Waals surface area contributed by atoms with Gasteiger partial charge in [-0.15, -0.1) is 10.2 Å². The van der Waals surface area contributed by atoms with Gasteiger partial charge in [0.05, 0.1) is 5.02 Å². The smallest absolute Gasteiger partial charge is 0.205 e. The Morgan fingerprint density at radius 1 is 1.41 bits per heavy atom. The maximum Gasteiger partial charge on any atom is 0.205 e. The number of benzene rings is 1. The lowest BCUT2D eigenvalue weighted by atomic mass is 10.2. The first-order valence-corrected chi connectivity index (χ1v) is 6.27. The second-order valence-electron chi connectivity index (χ2n) is 3.47. The fourth-order valence-corrected chi connectivity index (χ4v) is 2.05. The highest BCUT2D eigenvalue weighted by atomic mass is 35.5. The molecule has 2 rings (SSSR count). The summed E-state index contributed by atoms with van der Waals surface area (Å²) in [4.78, 5) is 0. The molecule has 0 bridgehead atoms. The number of anilines is 1. The van der Waals surface area contributed by atoms with Crippen LogP contribution >= 0.6 is 22.9 Å². The van der Waals surface area contributed by atoms with Crippen LogP contribution in [0.4, 0.5) is 5.13 Å². The Hall–Kier alpha value is -1.33. The zero-order valence-electron chi connectivity index (χ0n) is 9.53. The SMILES string of the molecule is CNc1nnc(COc2cc(C)ccc2Cl)s1. The van der Waals surface area contributed by atoms with E-state index in [2.05, 4.69) is 15.5 Å². The molecule has 0 aliphatic carbocycles. The molecule has 0 fully saturated rings. The number of aromatic nitrogens is 2. The fraction of sp³-hybridized carbons (Fsp3) is 0.273. The molecule has 0 unspecified atom stereocenters. The molecule has 1 N–H and O–H groups in total. The summed E-state index contributed by atoms with van der Waals surface area (Å²) in [6.45, 7) is 2.37. The van der Waals surface area contributed by atoms with Crippen molar-refractivity contribution in [2.75, 3.05) is 12.4 Å². The Morgan fingerprint density at radius 3 is 2.94 bits per heavy atom. The van der Waals surface area contributed by atoms with Gasteiger partial charge in [-0.1, -0.05) is 29.0 Å². The third-order valence-corrected chi connectivity index (χ3v) is 3.35. The van der Waals surface area contributed by atoms with Gasteiger partial charge in [-0.25, -0.2) is 0 Å². The van der Waals surface area contributed by atoms with Crippen LogP contribution in [0.3, 0.4) is 0 Å². The van der Waals surface area contributed by atoms with Crippen molar-refractivity contribution in [2.45, 2.75) is 13.5 Å². The van der Waals surface area contributed by atoms with Crippen molar-refractivity contribution >= 4 is 28.1 Å². The minimum absolute atomic E-state index is 0.378. The third kappa shape index (κ3) is 3.08. The minimum atomic E-state index is 0.378. The Kier molecular flexibility index (Phi) is 3.81. The largest absolute Gasteiger partial charge is 0.485 e. The molecule has 1 aromatic heterocycles. The number of nitrogens with zero attached hydrogens (tertiary/aromatic N) is 2. The van der Waals surface area contributed by atoms with Crippen molar-refractivity contribution in [3.63, 3.8) is 0 Å². The van der Waals surface area contributed by atoms with Gasteiger partial charge in [-0.3, -0.25) is 0 Å². The van der Waals surface area contributed by atoms with Crippen LogP contribution in [0.2, 0.25) is 5.02 Å². The van der Waals surface area contributed by atoms with E-state index in [1.807, 2.05) is 32.2 Å². The molecule has 0 saturated heterocycles. The first-order chi connectivity index (χ1) is 8.19. The van der Waals surface area contributed by atoms with Crippen molar-refractivity contribution in [3.8, 4) is 5.75 Å². The summed E-state index contributed by atoms with van der Waals surface area (Å²) in [5.41, 5.74) is 1.11. The molecule has 0 spiro atoms. The molecule has 1 aromatic carbocycles. The maximum atomic E-state index is 6.02. The first-order valence-electron chi connectivity index (χ1n) is 5.08. The van der Waals surface area contributed by atoms with Gasteiger partial charge in [-0.05, 0) is 24.6 Å². The highest BCUT2D eigenvalue weighted by Crippen LogP contribution is 2.26. The molecule has 0 saturated carbocycles. The van der Waals surface area contributed by atoms with E-state index in [-0.39, 0.29) is 0 Å². The molecule has 0 radical (unpaired) electrons. The van der Waals surface area contributed by atoms with Gasteiger partial charge in [0.25, 0.3) is 0 Å². The lowest BCUT2D eigenvalue weighted by Gasteiger charge is -2.06. The van der Waals surface area contributed by atoms with Crippen LogP contribution in [0, 0.1) is 6.92 Å². The van der Waals surface area contributed by atoms with Crippen LogP contribution < -0.4 is 10.1 Å². The molecular weight excluding hydrogens is 258 g/mol. The van der Waals surface area contributed by atoms with Gasteiger partial charge in [0, 0.05) is 7.05 Å². The number of nitrogens with one attached hydrogen (secondary N) is 1. The summed E-state index contributed by atoms with van der Waals surface area (Å²) < 4.78 is 5.61. The van der Waals surface area contributed by atoms with Crippen LogP contribution in [0.25, 0.3) is 0 Å². The zero-order valence-corrected chi connectivity index (χ0v) is 11.1. The Labute approximate surface area is 109 Å². The summed E-state index contributed by atoms with van der Waals surface area (Å²) in [5, 5.41) is 13.0. The molecule has 0 atom stereocenters. The Balaban J connectivity index is 2.04. The van der Waals surface area contributed by atoms with E-state index in [1.165, 1.54) is 11.3 Å². The zero-order chi connectivity index (χ0) is 12.3. The van der Waals surface area contributed by atoms with E-state index in [9.17, 15) is 0 Å². The molecule has 4 nitrogen and oxygen atoms in total. The summed E-state index contributed by atoms with van der Waals surface area (Å²) in [7, 11) is 1.81. The van der Waals surface area contributed by atoms with Gasteiger partial charge >= 0.3 is 0 Å². The Bertz CT molecular complexity index is 515. The van der Waals surface area contributed by atoms with Crippen LogP contribution in [-0.2, 0) is 6.61 Å². The summed E-state index contributed by atoms with van der Waals surface area (Å²) in [5.74, 6) is 0.674. The first kappa shape index (κ1) is 12.1. The maximum absolute atomic E-state index is 6.02. The van der Waals surface area contributed by atoms with E-state index in [0.717, 1.165) is 15.7 Å². The molecule has 17 heavy (non-hydrogen) atoms. The number of rotatable bonds is 4. The van der Waals surface area contributed by atoms with Crippen LogP contribution in [0.5, 0.6) is 5.75 Å². The second kappa shape index (κ2) is 5.33. The average Bonchev–Trinajstić information content (AvgIpc) is 2.78. The number of aryl methyl sites for hydroxylation is 1. The number of halogens is 1. The number of hydrogen-bond donors (Lipinski definition) is 1. The van der Waals surface area contributed by atoms with Crippen molar-refractivity contribution in [1.82, 2.24) is 10.2 Å². The molecule has 0 aliphatic heterocycles. The van der Waals surface area contributed by atoms with Crippen molar-refractivity contribution in [2.24, 2.45) is 0 Å². The molecule has 0 aliphatic rings.